The van der Waals surface area contributed by atoms with Crippen LogP contribution in [0.4, 0.5) is 0 Å². The second-order valence-corrected chi connectivity index (χ2v) is 7.05. The predicted molar refractivity (Wildman–Crippen MR) is 75.4 cm³/mol. The van der Waals surface area contributed by atoms with Gasteiger partial charge in [0.25, 0.3) is 0 Å². The third kappa shape index (κ3) is 2.86. The maximum Gasteiger partial charge on any atom is 0.335 e. The molecule has 1 fully saturated rings. The van der Waals surface area contributed by atoms with E-state index in [9.17, 15) is 13.2 Å². The molecule has 2 rings (SSSR count). The number of benzene rings is 1. The van der Waals surface area contributed by atoms with Crippen LogP contribution >= 0.6 is 0 Å². The minimum atomic E-state index is -3.66. The van der Waals surface area contributed by atoms with Gasteiger partial charge in [0, 0.05) is 6.04 Å². The lowest BCUT2D eigenvalue weighted by Gasteiger charge is -2.11. The molecular formula is C14H19NO4S. The number of carboxylic acids is 1. The second-order valence-electron chi connectivity index (χ2n) is 5.37. The van der Waals surface area contributed by atoms with Gasteiger partial charge in [0.2, 0.25) is 10.0 Å². The molecule has 110 valence electrons. The van der Waals surface area contributed by atoms with Crippen molar-refractivity contribution < 1.29 is 18.3 Å². The Morgan fingerprint density at radius 1 is 1.35 bits per heavy atom. The summed E-state index contributed by atoms with van der Waals surface area (Å²) in [5.74, 6) is -0.716. The number of carbonyl (C=O) groups is 1. The molecule has 1 aliphatic rings. The summed E-state index contributed by atoms with van der Waals surface area (Å²) in [6.07, 6.45) is 1.80. The van der Waals surface area contributed by atoms with E-state index in [1.807, 2.05) is 6.92 Å². The van der Waals surface area contributed by atoms with Crippen molar-refractivity contribution in [3.63, 3.8) is 0 Å². The molecule has 0 saturated heterocycles. The van der Waals surface area contributed by atoms with Crippen LogP contribution in [0.1, 0.15) is 41.3 Å². The summed E-state index contributed by atoms with van der Waals surface area (Å²) < 4.78 is 27.3. The lowest BCUT2D eigenvalue weighted by atomic mass is 10.1. The molecule has 6 heteroatoms. The zero-order valence-electron chi connectivity index (χ0n) is 11.8. The zero-order chi connectivity index (χ0) is 15.1. The van der Waals surface area contributed by atoms with Gasteiger partial charge in [0.15, 0.2) is 0 Å². The molecule has 2 atom stereocenters. The Morgan fingerprint density at radius 3 is 2.50 bits per heavy atom. The molecule has 0 aliphatic heterocycles. The van der Waals surface area contributed by atoms with Crippen LogP contribution in [-0.4, -0.2) is 25.5 Å². The highest BCUT2D eigenvalue weighted by molar-refractivity contribution is 7.89. The molecule has 0 aromatic heterocycles. The number of rotatable bonds is 5. The maximum atomic E-state index is 12.3. The van der Waals surface area contributed by atoms with E-state index in [2.05, 4.69) is 4.72 Å². The topological polar surface area (TPSA) is 83.5 Å². The molecule has 5 nitrogen and oxygen atoms in total. The molecule has 0 amide bonds. The van der Waals surface area contributed by atoms with Crippen molar-refractivity contribution in [2.75, 3.05) is 0 Å². The lowest BCUT2D eigenvalue weighted by molar-refractivity contribution is 0.0696. The van der Waals surface area contributed by atoms with E-state index in [1.165, 1.54) is 6.07 Å². The average Bonchev–Trinajstić information content (AvgIpc) is 3.05. The van der Waals surface area contributed by atoms with E-state index in [4.69, 9.17) is 5.11 Å². The van der Waals surface area contributed by atoms with Gasteiger partial charge in [0.05, 0.1) is 10.5 Å². The molecule has 1 aliphatic carbocycles. The fourth-order valence-corrected chi connectivity index (χ4v) is 4.03. The Kier molecular flexibility index (Phi) is 3.88. The van der Waals surface area contributed by atoms with Crippen molar-refractivity contribution in [3.8, 4) is 0 Å². The minimum Gasteiger partial charge on any atom is -0.478 e. The number of carboxylic acid groups (broad SMARTS) is 1. The Labute approximate surface area is 119 Å². The van der Waals surface area contributed by atoms with E-state index in [1.54, 1.807) is 19.9 Å². The summed E-state index contributed by atoms with van der Waals surface area (Å²) in [6, 6.07) is 2.83. The van der Waals surface area contributed by atoms with E-state index >= 15 is 0 Å². The van der Waals surface area contributed by atoms with E-state index < -0.39 is 16.0 Å². The van der Waals surface area contributed by atoms with Crippen LogP contribution in [0.25, 0.3) is 0 Å². The summed E-state index contributed by atoms with van der Waals surface area (Å²) in [5, 5.41) is 9.11. The van der Waals surface area contributed by atoms with Crippen LogP contribution < -0.4 is 4.72 Å². The van der Waals surface area contributed by atoms with Crippen LogP contribution in [0, 0.1) is 19.8 Å². The van der Waals surface area contributed by atoms with Crippen molar-refractivity contribution in [3.05, 3.63) is 28.8 Å². The third-order valence-electron chi connectivity index (χ3n) is 3.80. The number of hydrogen-bond donors (Lipinski definition) is 2. The van der Waals surface area contributed by atoms with Gasteiger partial charge >= 0.3 is 5.97 Å². The van der Waals surface area contributed by atoms with Crippen LogP contribution in [0.5, 0.6) is 0 Å². The molecule has 0 spiro atoms. The molecular weight excluding hydrogens is 278 g/mol. The van der Waals surface area contributed by atoms with Crippen LogP contribution in [-0.2, 0) is 10.0 Å². The molecule has 0 bridgehead atoms. The summed E-state index contributed by atoms with van der Waals surface area (Å²) in [5.41, 5.74) is 1.15. The quantitative estimate of drug-likeness (QED) is 0.871. The highest BCUT2D eigenvalue weighted by atomic mass is 32.2. The molecule has 20 heavy (non-hydrogen) atoms. The Morgan fingerprint density at radius 2 is 2.00 bits per heavy atom. The Hall–Kier alpha value is -1.40. The summed E-state index contributed by atoms with van der Waals surface area (Å²) in [7, 11) is -3.66. The van der Waals surface area contributed by atoms with E-state index in [0.29, 0.717) is 17.0 Å². The fraction of sp³-hybridized carbons (Fsp3) is 0.500. The SMILES string of the molecule is CCC1CC1NS(=O)(=O)c1cc(C(=O)O)c(C)cc1C. The summed E-state index contributed by atoms with van der Waals surface area (Å²) >= 11 is 0. The van der Waals surface area contributed by atoms with Crippen molar-refractivity contribution >= 4 is 16.0 Å². The fourth-order valence-electron chi connectivity index (χ4n) is 2.46. The number of sulfonamides is 1. The molecule has 0 heterocycles. The first-order valence-corrected chi connectivity index (χ1v) is 8.11. The summed E-state index contributed by atoms with van der Waals surface area (Å²) in [6.45, 7) is 5.37. The third-order valence-corrected chi connectivity index (χ3v) is 5.43. The standard InChI is InChI=1S/C14H19NO4S/c1-4-10-6-12(10)15-20(18,19)13-7-11(14(16)17)8(2)5-9(13)3/h5,7,10,12,15H,4,6H2,1-3H3,(H,16,17). The van der Waals surface area contributed by atoms with Gasteiger partial charge in [0.1, 0.15) is 0 Å². The van der Waals surface area contributed by atoms with Crippen LogP contribution in [0.3, 0.4) is 0 Å². The first-order chi connectivity index (χ1) is 9.26. The van der Waals surface area contributed by atoms with Gasteiger partial charge in [-0.3, -0.25) is 0 Å². The molecule has 0 radical (unpaired) electrons. The molecule has 2 unspecified atom stereocenters. The predicted octanol–water partition coefficient (Wildman–Crippen LogP) is 2.08. The monoisotopic (exact) mass is 297 g/mol. The first-order valence-electron chi connectivity index (χ1n) is 6.63. The van der Waals surface area contributed by atoms with Gasteiger partial charge in [-0.2, -0.15) is 0 Å². The Bertz CT molecular complexity index is 651. The molecule has 1 saturated carbocycles. The second kappa shape index (κ2) is 5.18. The maximum absolute atomic E-state index is 12.3. The van der Waals surface area contributed by atoms with Gasteiger partial charge < -0.3 is 5.11 Å². The van der Waals surface area contributed by atoms with Gasteiger partial charge in [-0.15, -0.1) is 0 Å². The van der Waals surface area contributed by atoms with Crippen molar-refractivity contribution in [2.45, 2.75) is 44.6 Å². The lowest BCUT2D eigenvalue weighted by Crippen LogP contribution is -2.28. The largest absolute Gasteiger partial charge is 0.478 e. The van der Waals surface area contributed by atoms with Crippen molar-refractivity contribution in [2.24, 2.45) is 5.92 Å². The number of aryl methyl sites for hydroxylation is 2. The first kappa shape index (κ1) is 15.0. The highest BCUT2D eigenvalue weighted by Crippen LogP contribution is 2.34. The minimum absolute atomic E-state index is 0.0148. The average molecular weight is 297 g/mol. The number of aromatic carboxylic acids is 1. The van der Waals surface area contributed by atoms with Crippen LogP contribution in [0.2, 0.25) is 0 Å². The van der Waals surface area contributed by atoms with Gasteiger partial charge in [-0.25, -0.2) is 17.9 Å². The van der Waals surface area contributed by atoms with E-state index in [0.717, 1.165) is 12.8 Å². The smallest absolute Gasteiger partial charge is 0.335 e. The molecule has 2 N–H and O–H groups in total. The van der Waals surface area contributed by atoms with Crippen molar-refractivity contribution in [1.29, 1.82) is 0 Å². The number of hydrogen-bond acceptors (Lipinski definition) is 3. The highest BCUT2D eigenvalue weighted by Gasteiger charge is 2.39. The molecule has 1 aromatic rings. The normalized spacial score (nSPS) is 21.8. The van der Waals surface area contributed by atoms with Gasteiger partial charge in [-0.1, -0.05) is 19.4 Å². The van der Waals surface area contributed by atoms with Crippen LogP contribution in [0.15, 0.2) is 17.0 Å². The zero-order valence-corrected chi connectivity index (χ0v) is 12.6. The Balaban J connectivity index is 2.36. The summed E-state index contributed by atoms with van der Waals surface area (Å²) in [4.78, 5) is 11.2. The number of nitrogens with one attached hydrogen (secondary N) is 1. The molecule has 1 aromatic carbocycles. The van der Waals surface area contributed by atoms with E-state index in [-0.39, 0.29) is 16.5 Å². The van der Waals surface area contributed by atoms with Crippen molar-refractivity contribution in [1.82, 2.24) is 4.72 Å². The van der Waals surface area contributed by atoms with Gasteiger partial charge in [-0.05, 0) is 43.4 Å².